The zero-order valence-electron chi connectivity index (χ0n) is 19.2. The Hall–Kier alpha value is -3.04. The van der Waals surface area contributed by atoms with Crippen LogP contribution < -0.4 is 10.2 Å². The molecule has 2 aliphatic heterocycles. The summed E-state index contributed by atoms with van der Waals surface area (Å²) in [5, 5.41) is 15.6. The van der Waals surface area contributed by atoms with Gasteiger partial charge in [0, 0.05) is 58.3 Å². The number of hydrogen-bond donors (Lipinski definition) is 1. The number of piperazine rings is 1. The minimum atomic E-state index is 0.0495. The van der Waals surface area contributed by atoms with Gasteiger partial charge in [-0.05, 0) is 43.1 Å². The molecule has 33 heavy (non-hydrogen) atoms. The summed E-state index contributed by atoms with van der Waals surface area (Å²) in [6, 6.07) is 12.5. The fraction of sp³-hybridized carbons (Fsp3) is 0.500. The van der Waals surface area contributed by atoms with Crippen LogP contribution in [-0.4, -0.2) is 81.8 Å². The lowest BCUT2D eigenvalue weighted by Gasteiger charge is -2.32. The minimum Gasteiger partial charge on any atom is -0.355 e. The Kier molecular flexibility index (Phi) is 6.50. The average Bonchev–Trinajstić information content (AvgIpc) is 3.32. The smallest absolute Gasteiger partial charge is 0.223 e. The van der Waals surface area contributed by atoms with Crippen LogP contribution in [0.4, 0.5) is 5.82 Å². The van der Waals surface area contributed by atoms with E-state index in [0.717, 1.165) is 70.1 Å². The number of nitrogens with zero attached hydrogens (tertiary/aromatic N) is 7. The van der Waals surface area contributed by atoms with Crippen molar-refractivity contribution in [2.45, 2.75) is 25.9 Å². The van der Waals surface area contributed by atoms with E-state index < -0.39 is 0 Å². The molecule has 2 saturated heterocycles. The van der Waals surface area contributed by atoms with Crippen molar-refractivity contribution in [3.8, 4) is 0 Å². The number of carbonyl (C=O) groups excluding carboxylic acids is 1. The van der Waals surface area contributed by atoms with Gasteiger partial charge in [0.05, 0.1) is 0 Å². The average molecular weight is 449 g/mol. The zero-order chi connectivity index (χ0) is 22.6. The molecule has 0 unspecified atom stereocenters. The van der Waals surface area contributed by atoms with Crippen molar-refractivity contribution in [2.75, 3.05) is 51.2 Å². The fourth-order valence-corrected chi connectivity index (χ4v) is 4.69. The lowest BCUT2D eigenvalue weighted by Crippen LogP contribution is -2.43. The van der Waals surface area contributed by atoms with Gasteiger partial charge in [-0.15, -0.1) is 15.3 Å². The molecule has 0 bridgehead atoms. The van der Waals surface area contributed by atoms with Crippen molar-refractivity contribution < 1.29 is 4.79 Å². The first kappa shape index (κ1) is 21.8. The lowest BCUT2D eigenvalue weighted by molar-refractivity contribution is -0.125. The molecule has 2 aliphatic rings. The van der Waals surface area contributed by atoms with Gasteiger partial charge < -0.3 is 15.1 Å². The van der Waals surface area contributed by atoms with Crippen LogP contribution >= 0.6 is 0 Å². The van der Waals surface area contributed by atoms with Crippen LogP contribution in [0.3, 0.4) is 0 Å². The first-order chi connectivity index (χ1) is 16.1. The van der Waals surface area contributed by atoms with Gasteiger partial charge in [0.1, 0.15) is 12.1 Å². The van der Waals surface area contributed by atoms with Crippen LogP contribution in [0.25, 0.3) is 5.65 Å². The number of amides is 1. The molecule has 9 nitrogen and oxygen atoms in total. The largest absolute Gasteiger partial charge is 0.355 e. The summed E-state index contributed by atoms with van der Waals surface area (Å²) in [6.45, 7) is 7.67. The van der Waals surface area contributed by atoms with Gasteiger partial charge in [0.25, 0.3) is 0 Å². The van der Waals surface area contributed by atoms with E-state index in [1.807, 2.05) is 12.1 Å². The van der Waals surface area contributed by atoms with Crippen LogP contribution in [0, 0.1) is 5.92 Å². The van der Waals surface area contributed by atoms with Crippen LogP contribution in [0.1, 0.15) is 24.0 Å². The number of benzene rings is 1. The van der Waals surface area contributed by atoms with E-state index >= 15 is 0 Å². The monoisotopic (exact) mass is 448 g/mol. The van der Waals surface area contributed by atoms with E-state index in [-0.39, 0.29) is 11.8 Å². The topological polar surface area (TPSA) is 81.9 Å². The summed E-state index contributed by atoms with van der Waals surface area (Å²) >= 11 is 0. The lowest BCUT2D eigenvalue weighted by atomic mass is 9.95. The quantitative estimate of drug-likeness (QED) is 0.611. The van der Waals surface area contributed by atoms with Crippen LogP contribution in [0.15, 0.2) is 42.7 Å². The minimum absolute atomic E-state index is 0.0495. The summed E-state index contributed by atoms with van der Waals surface area (Å²) in [7, 11) is 2.18. The van der Waals surface area contributed by atoms with Crippen LogP contribution in [-0.2, 0) is 17.9 Å². The molecule has 4 heterocycles. The maximum atomic E-state index is 12.8. The fourth-order valence-electron chi connectivity index (χ4n) is 4.69. The third-order valence-corrected chi connectivity index (χ3v) is 6.80. The Morgan fingerprint density at radius 1 is 1.03 bits per heavy atom. The highest BCUT2D eigenvalue weighted by atomic mass is 16.1. The van der Waals surface area contributed by atoms with E-state index in [2.05, 4.69) is 66.6 Å². The Labute approximate surface area is 194 Å². The number of piperidine rings is 1. The summed E-state index contributed by atoms with van der Waals surface area (Å²) in [6.07, 6.45) is 3.27. The second kappa shape index (κ2) is 9.84. The molecular weight excluding hydrogens is 416 g/mol. The number of rotatable bonds is 6. The molecule has 0 saturated carbocycles. The van der Waals surface area contributed by atoms with Gasteiger partial charge in [-0.3, -0.25) is 9.69 Å². The van der Waals surface area contributed by atoms with E-state index in [0.29, 0.717) is 6.54 Å². The Balaban J connectivity index is 1.10. The molecule has 1 N–H and O–H groups in total. The molecule has 5 rings (SSSR count). The number of fused-ring (bicyclic) bond motifs is 1. The SMILES string of the molecule is CN1CCN(Cc2cccc(CNC(=O)C3CCN(c4ccc5nncn5n4)CC3)c2)CC1. The molecular formula is C24H32N8O. The summed E-state index contributed by atoms with van der Waals surface area (Å²) in [4.78, 5) is 19.9. The van der Waals surface area contributed by atoms with Gasteiger partial charge in [-0.25, -0.2) is 0 Å². The maximum Gasteiger partial charge on any atom is 0.223 e. The van der Waals surface area contributed by atoms with Crippen molar-refractivity contribution in [2.24, 2.45) is 5.92 Å². The molecule has 1 amide bonds. The molecule has 0 spiro atoms. The highest BCUT2D eigenvalue weighted by Gasteiger charge is 2.25. The third-order valence-electron chi connectivity index (χ3n) is 6.80. The molecule has 2 fully saturated rings. The van der Waals surface area contributed by atoms with E-state index in [4.69, 9.17) is 0 Å². The van der Waals surface area contributed by atoms with Crippen molar-refractivity contribution in [1.82, 2.24) is 34.9 Å². The molecule has 0 radical (unpaired) electrons. The van der Waals surface area contributed by atoms with Crippen LogP contribution in [0.5, 0.6) is 0 Å². The number of aromatic nitrogens is 4. The molecule has 2 aromatic heterocycles. The number of hydrogen-bond acceptors (Lipinski definition) is 7. The van der Waals surface area contributed by atoms with Crippen LogP contribution in [0.2, 0.25) is 0 Å². The van der Waals surface area contributed by atoms with E-state index in [1.54, 1.807) is 10.8 Å². The van der Waals surface area contributed by atoms with Crippen molar-refractivity contribution >= 4 is 17.4 Å². The van der Waals surface area contributed by atoms with Gasteiger partial charge >= 0.3 is 0 Å². The highest BCUT2D eigenvalue weighted by Crippen LogP contribution is 2.22. The van der Waals surface area contributed by atoms with Gasteiger partial charge in [-0.2, -0.15) is 4.52 Å². The third kappa shape index (κ3) is 5.31. The molecule has 0 atom stereocenters. The molecule has 3 aromatic rings. The maximum absolute atomic E-state index is 12.8. The first-order valence-electron chi connectivity index (χ1n) is 11.8. The van der Waals surface area contributed by atoms with Crippen molar-refractivity contribution in [1.29, 1.82) is 0 Å². The zero-order valence-corrected chi connectivity index (χ0v) is 19.2. The normalized spacial score (nSPS) is 18.6. The summed E-state index contributed by atoms with van der Waals surface area (Å²) in [5.74, 6) is 1.10. The van der Waals surface area contributed by atoms with E-state index in [9.17, 15) is 4.79 Å². The Morgan fingerprint density at radius 2 is 1.82 bits per heavy atom. The molecule has 9 heteroatoms. The Morgan fingerprint density at radius 3 is 2.64 bits per heavy atom. The second-order valence-electron chi connectivity index (χ2n) is 9.20. The summed E-state index contributed by atoms with van der Waals surface area (Å²) < 4.78 is 1.69. The highest BCUT2D eigenvalue weighted by molar-refractivity contribution is 5.79. The second-order valence-corrected chi connectivity index (χ2v) is 9.20. The van der Waals surface area contributed by atoms with Gasteiger partial charge in [-0.1, -0.05) is 24.3 Å². The number of nitrogens with one attached hydrogen (secondary N) is 1. The molecule has 1 aromatic carbocycles. The number of likely N-dealkylation sites (N-methyl/N-ethyl adjacent to an activating group) is 1. The molecule has 0 aliphatic carbocycles. The predicted molar refractivity (Wildman–Crippen MR) is 127 cm³/mol. The summed E-state index contributed by atoms with van der Waals surface area (Å²) in [5.41, 5.74) is 3.22. The van der Waals surface area contributed by atoms with Gasteiger partial charge in [0.15, 0.2) is 5.65 Å². The van der Waals surface area contributed by atoms with Gasteiger partial charge in [0.2, 0.25) is 5.91 Å². The number of carbonyl (C=O) groups is 1. The molecule has 174 valence electrons. The van der Waals surface area contributed by atoms with E-state index in [1.165, 1.54) is 11.1 Å². The predicted octanol–water partition coefficient (Wildman–Crippen LogP) is 1.40. The van der Waals surface area contributed by atoms with Crippen molar-refractivity contribution in [3.05, 3.63) is 53.9 Å². The standard InChI is InChI=1S/C24H32N8O/c1-29-11-13-30(14-12-29)17-20-4-2-3-19(15-20)16-25-24(33)21-7-9-31(10-8-21)23-6-5-22-27-26-18-32(22)28-23/h2-6,15,18,21H,7-14,16-17H2,1H3,(H,25,33). The number of anilines is 1. The first-order valence-corrected chi connectivity index (χ1v) is 11.8. The van der Waals surface area contributed by atoms with Crippen molar-refractivity contribution in [3.63, 3.8) is 0 Å². The Bertz CT molecular complexity index is 1080.